The Labute approximate surface area is 128 Å². The molecular weight excluding hydrogens is 294 g/mol. The first-order chi connectivity index (χ1) is 9.74. The van der Waals surface area contributed by atoms with E-state index in [1.54, 1.807) is 17.6 Å². The Bertz CT molecular complexity index is 456. The highest BCUT2D eigenvalue weighted by atomic mass is 32.1. The first kappa shape index (κ1) is 15.3. The topological polar surface area (TPSA) is 61.8 Å². The van der Waals surface area contributed by atoms with Gasteiger partial charge in [-0.15, -0.1) is 11.3 Å². The molecular formula is C12H19N5OS2. The normalized spacial score (nSPS) is 16.4. The van der Waals surface area contributed by atoms with Crippen molar-refractivity contribution < 1.29 is 4.74 Å². The molecule has 1 saturated heterocycles. The highest BCUT2D eigenvalue weighted by Crippen LogP contribution is 2.05. The predicted octanol–water partition coefficient (Wildman–Crippen LogP) is 0.582. The van der Waals surface area contributed by atoms with Gasteiger partial charge in [-0.25, -0.2) is 4.98 Å². The molecule has 8 heteroatoms. The predicted molar refractivity (Wildman–Crippen MR) is 85.4 cm³/mol. The Hall–Kier alpha value is -1.09. The van der Waals surface area contributed by atoms with Crippen molar-refractivity contribution in [2.45, 2.75) is 6.92 Å². The molecule has 20 heavy (non-hydrogen) atoms. The van der Waals surface area contributed by atoms with Crippen molar-refractivity contribution in [1.82, 2.24) is 20.6 Å². The zero-order valence-corrected chi connectivity index (χ0v) is 13.1. The molecule has 0 radical (unpaired) electrons. The van der Waals surface area contributed by atoms with Crippen LogP contribution < -0.4 is 10.7 Å². The fraction of sp³-hybridized carbons (Fsp3) is 0.583. The molecule has 0 unspecified atom stereocenters. The fourth-order valence-corrected chi connectivity index (χ4v) is 2.51. The maximum atomic E-state index is 5.30. The fourth-order valence-electron chi connectivity index (χ4n) is 1.79. The van der Waals surface area contributed by atoms with Crippen molar-refractivity contribution in [3.8, 4) is 0 Å². The van der Waals surface area contributed by atoms with Crippen molar-refractivity contribution in [2.24, 2.45) is 5.10 Å². The van der Waals surface area contributed by atoms with Crippen LogP contribution in [0.5, 0.6) is 0 Å². The number of morpholine rings is 1. The summed E-state index contributed by atoms with van der Waals surface area (Å²) in [6, 6.07) is 0. The molecule has 6 nitrogen and oxygen atoms in total. The molecule has 0 amide bonds. The van der Waals surface area contributed by atoms with Crippen molar-refractivity contribution >= 4 is 34.9 Å². The average Bonchev–Trinajstić information content (AvgIpc) is 2.86. The summed E-state index contributed by atoms with van der Waals surface area (Å²) >= 11 is 6.74. The minimum absolute atomic E-state index is 0.529. The van der Waals surface area contributed by atoms with Crippen LogP contribution in [0.3, 0.4) is 0 Å². The van der Waals surface area contributed by atoms with Crippen molar-refractivity contribution in [2.75, 3.05) is 39.4 Å². The molecule has 2 N–H and O–H groups in total. The van der Waals surface area contributed by atoms with E-state index in [1.165, 1.54) is 0 Å². The molecule has 2 rings (SSSR count). The van der Waals surface area contributed by atoms with E-state index in [1.807, 2.05) is 12.3 Å². The third-order valence-electron chi connectivity index (χ3n) is 2.82. The number of ether oxygens (including phenoxy) is 1. The lowest BCUT2D eigenvalue weighted by atomic mass is 10.4. The standard InChI is InChI=1S/C12H19N5OS2/c1-10-15-11(9-20-10)8-14-16-12(19)13-2-3-17-4-6-18-7-5-17/h8-9H,2-7H2,1H3,(H2,13,16,19)/b14-8-. The minimum atomic E-state index is 0.529. The summed E-state index contributed by atoms with van der Waals surface area (Å²) in [5.74, 6) is 0. The summed E-state index contributed by atoms with van der Waals surface area (Å²) in [6.45, 7) is 7.34. The van der Waals surface area contributed by atoms with Crippen LogP contribution in [-0.2, 0) is 4.74 Å². The van der Waals surface area contributed by atoms with Crippen LogP contribution in [0.4, 0.5) is 0 Å². The lowest BCUT2D eigenvalue weighted by Gasteiger charge is -2.26. The Balaban J connectivity index is 1.59. The van der Waals surface area contributed by atoms with E-state index in [4.69, 9.17) is 17.0 Å². The number of aromatic nitrogens is 1. The molecule has 0 aliphatic carbocycles. The number of nitrogens with zero attached hydrogens (tertiary/aromatic N) is 3. The first-order valence-electron chi connectivity index (χ1n) is 6.53. The van der Waals surface area contributed by atoms with E-state index in [9.17, 15) is 0 Å². The number of thiazole rings is 1. The maximum Gasteiger partial charge on any atom is 0.187 e. The SMILES string of the molecule is Cc1nc(/C=N\NC(=S)NCCN2CCOCC2)cs1. The lowest BCUT2D eigenvalue weighted by Crippen LogP contribution is -2.42. The van der Waals surface area contributed by atoms with Crippen LogP contribution in [0.15, 0.2) is 10.5 Å². The van der Waals surface area contributed by atoms with E-state index in [-0.39, 0.29) is 0 Å². The average molecular weight is 313 g/mol. The van der Waals surface area contributed by atoms with Gasteiger partial charge in [0, 0.05) is 31.6 Å². The van der Waals surface area contributed by atoms with Gasteiger partial charge in [0.25, 0.3) is 0 Å². The molecule has 2 heterocycles. The molecule has 0 bridgehead atoms. The Morgan fingerprint density at radius 3 is 3.10 bits per heavy atom. The molecule has 1 aliphatic heterocycles. The second-order valence-corrected chi connectivity index (χ2v) is 5.84. The molecule has 0 atom stereocenters. The first-order valence-corrected chi connectivity index (χ1v) is 7.82. The third kappa shape index (κ3) is 5.49. The summed E-state index contributed by atoms with van der Waals surface area (Å²) in [5, 5.41) is 10.7. The molecule has 1 fully saturated rings. The van der Waals surface area contributed by atoms with E-state index < -0.39 is 0 Å². The molecule has 0 spiro atoms. The summed E-state index contributed by atoms with van der Waals surface area (Å²) in [7, 11) is 0. The van der Waals surface area contributed by atoms with Crippen LogP contribution in [0.2, 0.25) is 0 Å². The molecule has 0 saturated carbocycles. The van der Waals surface area contributed by atoms with E-state index >= 15 is 0 Å². The summed E-state index contributed by atoms with van der Waals surface area (Å²) in [6.07, 6.45) is 1.67. The van der Waals surface area contributed by atoms with Gasteiger partial charge in [0.05, 0.1) is 30.1 Å². The van der Waals surface area contributed by atoms with Gasteiger partial charge in [0.1, 0.15) is 0 Å². The van der Waals surface area contributed by atoms with Crippen LogP contribution in [0, 0.1) is 6.92 Å². The lowest BCUT2D eigenvalue weighted by molar-refractivity contribution is 0.0389. The van der Waals surface area contributed by atoms with Crippen LogP contribution in [0.25, 0.3) is 0 Å². The number of rotatable bonds is 5. The second kappa shape index (κ2) is 8.25. The van der Waals surface area contributed by atoms with Gasteiger partial charge in [0.2, 0.25) is 0 Å². The largest absolute Gasteiger partial charge is 0.379 e. The van der Waals surface area contributed by atoms with Gasteiger partial charge >= 0.3 is 0 Å². The Morgan fingerprint density at radius 2 is 2.40 bits per heavy atom. The van der Waals surface area contributed by atoms with Gasteiger partial charge in [-0.2, -0.15) is 5.10 Å². The third-order valence-corrected chi connectivity index (χ3v) is 3.84. The smallest absolute Gasteiger partial charge is 0.187 e. The molecule has 1 aliphatic rings. The van der Waals surface area contributed by atoms with E-state index in [2.05, 4.69) is 25.7 Å². The summed E-state index contributed by atoms with van der Waals surface area (Å²) in [5.41, 5.74) is 3.63. The van der Waals surface area contributed by atoms with Crippen molar-refractivity contribution in [1.29, 1.82) is 0 Å². The van der Waals surface area contributed by atoms with Crippen LogP contribution >= 0.6 is 23.6 Å². The van der Waals surface area contributed by atoms with E-state index in [0.717, 1.165) is 50.1 Å². The van der Waals surface area contributed by atoms with Gasteiger partial charge in [0.15, 0.2) is 5.11 Å². The number of hydrazone groups is 1. The minimum Gasteiger partial charge on any atom is -0.379 e. The number of hydrogen-bond donors (Lipinski definition) is 2. The van der Waals surface area contributed by atoms with Gasteiger partial charge in [-0.05, 0) is 19.1 Å². The highest BCUT2D eigenvalue weighted by Gasteiger charge is 2.09. The van der Waals surface area contributed by atoms with E-state index in [0.29, 0.717) is 5.11 Å². The monoisotopic (exact) mass is 313 g/mol. The second-order valence-electron chi connectivity index (χ2n) is 4.37. The zero-order chi connectivity index (χ0) is 14.2. The summed E-state index contributed by atoms with van der Waals surface area (Å²) < 4.78 is 5.30. The summed E-state index contributed by atoms with van der Waals surface area (Å²) in [4.78, 5) is 6.63. The maximum absolute atomic E-state index is 5.30. The van der Waals surface area contributed by atoms with Crippen molar-refractivity contribution in [3.05, 3.63) is 16.1 Å². The van der Waals surface area contributed by atoms with Gasteiger partial charge in [-0.1, -0.05) is 0 Å². The highest BCUT2D eigenvalue weighted by molar-refractivity contribution is 7.80. The van der Waals surface area contributed by atoms with Crippen LogP contribution in [-0.4, -0.2) is 60.6 Å². The number of hydrogen-bond acceptors (Lipinski definition) is 6. The molecule has 1 aromatic rings. The Kier molecular flexibility index (Phi) is 6.31. The molecule has 110 valence electrons. The van der Waals surface area contributed by atoms with Gasteiger partial charge < -0.3 is 10.1 Å². The zero-order valence-electron chi connectivity index (χ0n) is 11.5. The van der Waals surface area contributed by atoms with Crippen molar-refractivity contribution in [3.63, 3.8) is 0 Å². The molecule has 0 aromatic carbocycles. The Morgan fingerprint density at radius 1 is 1.60 bits per heavy atom. The van der Waals surface area contributed by atoms with Gasteiger partial charge in [-0.3, -0.25) is 10.3 Å². The molecule has 1 aromatic heterocycles. The number of aryl methyl sites for hydroxylation is 1. The van der Waals surface area contributed by atoms with Crippen LogP contribution in [0.1, 0.15) is 10.7 Å². The quantitative estimate of drug-likeness (QED) is 0.471. The number of thiocarbonyl (C=S) groups is 1. The number of nitrogens with one attached hydrogen (secondary N) is 2.